The standard InChI is InChI=1S/C23H28O4/c1-5-23(4,14-22(26)20-9-8-18(24)13-21(20)25)10-6-7-16(2)11-19-12-17(3)15-27-19/h5,7-9,12-13,15,24-25H,1,6,10-11,14H2,2-4H3/b16-7+. The summed E-state index contributed by atoms with van der Waals surface area (Å²) in [4.78, 5) is 12.6. The number of benzene rings is 1. The Hall–Kier alpha value is -2.75. The summed E-state index contributed by atoms with van der Waals surface area (Å²) in [5.74, 6) is 0.520. The van der Waals surface area contributed by atoms with E-state index in [9.17, 15) is 15.0 Å². The lowest BCUT2D eigenvalue weighted by Crippen LogP contribution is -2.18. The topological polar surface area (TPSA) is 70.7 Å². The van der Waals surface area contributed by atoms with E-state index in [1.165, 1.54) is 23.8 Å². The zero-order chi connectivity index (χ0) is 20.0. The minimum absolute atomic E-state index is 0.0668. The Morgan fingerprint density at radius 1 is 1.30 bits per heavy atom. The molecule has 0 aliphatic heterocycles. The second kappa shape index (κ2) is 8.76. The molecule has 0 radical (unpaired) electrons. The lowest BCUT2D eigenvalue weighted by Gasteiger charge is -2.24. The monoisotopic (exact) mass is 368 g/mol. The lowest BCUT2D eigenvalue weighted by atomic mass is 9.79. The van der Waals surface area contributed by atoms with Crippen molar-refractivity contribution in [2.45, 2.75) is 46.5 Å². The summed E-state index contributed by atoms with van der Waals surface area (Å²) < 4.78 is 5.48. The first-order valence-electron chi connectivity index (χ1n) is 9.11. The lowest BCUT2D eigenvalue weighted by molar-refractivity contribution is 0.0937. The number of carbonyl (C=O) groups excluding carboxylic acids is 1. The summed E-state index contributed by atoms with van der Waals surface area (Å²) in [5, 5.41) is 19.3. The summed E-state index contributed by atoms with van der Waals surface area (Å²) in [7, 11) is 0. The molecule has 1 aromatic carbocycles. The molecule has 4 nitrogen and oxygen atoms in total. The molecule has 1 heterocycles. The fraction of sp³-hybridized carbons (Fsp3) is 0.348. The molecule has 2 rings (SSSR count). The van der Waals surface area contributed by atoms with E-state index < -0.39 is 0 Å². The Morgan fingerprint density at radius 3 is 2.63 bits per heavy atom. The van der Waals surface area contributed by atoms with Gasteiger partial charge in [0.15, 0.2) is 5.78 Å². The van der Waals surface area contributed by atoms with Crippen LogP contribution < -0.4 is 0 Å². The van der Waals surface area contributed by atoms with Gasteiger partial charge in [0.05, 0.1) is 11.8 Å². The Bertz CT molecular complexity index is 844. The van der Waals surface area contributed by atoms with E-state index in [1.54, 1.807) is 12.3 Å². The number of carbonyl (C=O) groups is 1. The van der Waals surface area contributed by atoms with E-state index in [-0.39, 0.29) is 34.7 Å². The van der Waals surface area contributed by atoms with Crippen LogP contribution in [-0.2, 0) is 6.42 Å². The highest BCUT2D eigenvalue weighted by Crippen LogP contribution is 2.33. The van der Waals surface area contributed by atoms with Crippen LogP contribution in [0.5, 0.6) is 11.5 Å². The number of rotatable bonds is 9. The molecule has 2 aromatic rings. The highest BCUT2D eigenvalue weighted by atomic mass is 16.3. The summed E-state index contributed by atoms with van der Waals surface area (Å²) in [6.07, 6.45) is 8.35. The predicted octanol–water partition coefficient (Wildman–Crippen LogP) is 5.73. The molecule has 0 saturated carbocycles. The fourth-order valence-electron chi connectivity index (χ4n) is 3.06. The van der Waals surface area contributed by atoms with Crippen LogP contribution in [0.3, 0.4) is 0 Å². The van der Waals surface area contributed by atoms with Gasteiger partial charge >= 0.3 is 0 Å². The maximum absolute atomic E-state index is 12.6. The van der Waals surface area contributed by atoms with Gasteiger partial charge in [-0.2, -0.15) is 0 Å². The second-order valence-corrected chi connectivity index (χ2v) is 7.52. The number of allylic oxidation sites excluding steroid dienone is 3. The Balaban J connectivity index is 1.96. The Morgan fingerprint density at radius 2 is 2.04 bits per heavy atom. The van der Waals surface area contributed by atoms with Gasteiger partial charge in [0.1, 0.15) is 17.3 Å². The largest absolute Gasteiger partial charge is 0.508 e. The zero-order valence-corrected chi connectivity index (χ0v) is 16.3. The average Bonchev–Trinajstić information content (AvgIpc) is 2.99. The third-order valence-corrected chi connectivity index (χ3v) is 4.79. The van der Waals surface area contributed by atoms with E-state index in [0.29, 0.717) is 0 Å². The Labute approximate surface area is 160 Å². The predicted molar refractivity (Wildman–Crippen MR) is 107 cm³/mol. The van der Waals surface area contributed by atoms with E-state index in [1.807, 2.05) is 19.9 Å². The van der Waals surface area contributed by atoms with Gasteiger partial charge in [-0.15, -0.1) is 6.58 Å². The first kappa shape index (κ1) is 20.6. The van der Waals surface area contributed by atoms with Crippen LogP contribution in [0, 0.1) is 12.3 Å². The molecule has 27 heavy (non-hydrogen) atoms. The van der Waals surface area contributed by atoms with Crippen molar-refractivity contribution >= 4 is 5.78 Å². The van der Waals surface area contributed by atoms with Crippen molar-refractivity contribution < 1.29 is 19.4 Å². The number of phenols is 2. The highest BCUT2D eigenvalue weighted by molar-refractivity contribution is 5.99. The molecular weight excluding hydrogens is 340 g/mol. The molecule has 0 aliphatic carbocycles. The fourth-order valence-corrected chi connectivity index (χ4v) is 3.06. The second-order valence-electron chi connectivity index (χ2n) is 7.52. The molecule has 0 aliphatic rings. The summed E-state index contributed by atoms with van der Waals surface area (Å²) >= 11 is 0. The molecule has 1 unspecified atom stereocenters. The van der Waals surface area contributed by atoms with Crippen molar-refractivity contribution in [1.29, 1.82) is 0 Å². The van der Waals surface area contributed by atoms with Crippen molar-refractivity contribution in [3.63, 3.8) is 0 Å². The van der Waals surface area contributed by atoms with Gasteiger partial charge in [0, 0.05) is 18.9 Å². The van der Waals surface area contributed by atoms with E-state index in [4.69, 9.17) is 4.42 Å². The third-order valence-electron chi connectivity index (χ3n) is 4.79. The van der Waals surface area contributed by atoms with Gasteiger partial charge in [0.25, 0.3) is 0 Å². The molecule has 4 heteroatoms. The highest BCUT2D eigenvalue weighted by Gasteiger charge is 2.25. The van der Waals surface area contributed by atoms with Crippen LogP contribution in [-0.4, -0.2) is 16.0 Å². The molecule has 0 fully saturated rings. The average molecular weight is 368 g/mol. The molecule has 0 bridgehead atoms. The quantitative estimate of drug-likeness (QED) is 0.438. The first-order valence-corrected chi connectivity index (χ1v) is 9.11. The van der Waals surface area contributed by atoms with Gasteiger partial charge in [-0.3, -0.25) is 4.79 Å². The van der Waals surface area contributed by atoms with E-state index >= 15 is 0 Å². The molecule has 1 aromatic heterocycles. The van der Waals surface area contributed by atoms with E-state index in [2.05, 4.69) is 19.6 Å². The van der Waals surface area contributed by atoms with E-state index in [0.717, 1.165) is 30.6 Å². The zero-order valence-electron chi connectivity index (χ0n) is 16.3. The van der Waals surface area contributed by atoms with Crippen LogP contribution >= 0.6 is 0 Å². The number of ketones is 1. The van der Waals surface area contributed by atoms with Crippen LogP contribution in [0.4, 0.5) is 0 Å². The van der Waals surface area contributed by atoms with Crippen LogP contribution in [0.15, 0.2) is 59.2 Å². The molecule has 1 atom stereocenters. The third kappa shape index (κ3) is 5.88. The number of hydrogen-bond donors (Lipinski definition) is 2. The minimum atomic E-state index is -0.376. The number of hydrogen-bond acceptors (Lipinski definition) is 4. The normalized spacial score (nSPS) is 14.0. The van der Waals surface area contributed by atoms with Crippen molar-refractivity contribution in [3.05, 3.63) is 71.7 Å². The number of phenolic OH excluding ortho intramolecular Hbond substituents is 2. The minimum Gasteiger partial charge on any atom is -0.508 e. The summed E-state index contributed by atoms with van der Waals surface area (Å²) in [6, 6.07) is 6.07. The maximum atomic E-state index is 12.6. The summed E-state index contributed by atoms with van der Waals surface area (Å²) in [6.45, 7) is 9.96. The van der Waals surface area contributed by atoms with Gasteiger partial charge in [-0.1, -0.05) is 24.6 Å². The molecule has 0 saturated heterocycles. The number of furan rings is 1. The summed E-state index contributed by atoms with van der Waals surface area (Å²) in [5.41, 5.74) is 2.19. The van der Waals surface area contributed by atoms with Crippen molar-refractivity contribution in [1.82, 2.24) is 0 Å². The Kier molecular flexibility index (Phi) is 6.67. The molecule has 0 amide bonds. The number of Topliss-reactive ketones (excluding diaryl/α,β-unsaturated/α-hetero) is 1. The number of aromatic hydroxyl groups is 2. The van der Waals surface area contributed by atoms with Crippen molar-refractivity contribution in [2.75, 3.05) is 0 Å². The van der Waals surface area contributed by atoms with Gasteiger partial charge in [-0.05, 0) is 55.9 Å². The van der Waals surface area contributed by atoms with Crippen LogP contribution in [0.2, 0.25) is 0 Å². The van der Waals surface area contributed by atoms with Crippen LogP contribution in [0.25, 0.3) is 0 Å². The molecule has 0 spiro atoms. The number of aryl methyl sites for hydroxylation is 1. The van der Waals surface area contributed by atoms with Crippen molar-refractivity contribution in [3.8, 4) is 11.5 Å². The van der Waals surface area contributed by atoms with Gasteiger partial charge in [0.2, 0.25) is 0 Å². The smallest absolute Gasteiger partial charge is 0.167 e. The van der Waals surface area contributed by atoms with Gasteiger partial charge < -0.3 is 14.6 Å². The maximum Gasteiger partial charge on any atom is 0.167 e. The van der Waals surface area contributed by atoms with Crippen molar-refractivity contribution in [2.24, 2.45) is 5.41 Å². The molecule has 2 N–H and O–H groups in total. The first-order chi connectivity index (χ1) is 12.7. The molecular formula is C23H28O4. The van der Waals surface area contributed by atoms with Crippen LogP contribution in [0.1, 0.15) is 54.8 Å². The SMILES string of the molecule is C=CC(C)(CC/C=C(\C)Cc1cc(C)co1)CC(=O)c1ccc(O)cc1O. The molecule has 144 valence electrons. The van der Waals surface area contributed by atoms with Gasteiger partial charge in [-0.25, -0.2) is 0 Å².